The average molecular weight is 447 g/mol. The molecule has 6 nitrogen and oxygen atoms in total. The molecule has 2 heterocycles. The Morgan fingerprint density at radius 3 is 2.62 bits per heavy atom. The number of thiophene rings is 1. The number of hydrogen-bond donors (Lipinski definition) is 1. The number of nitrogens with one attached hydrogen (secondary N) is 1. The molecule has 0 saturated heterocycles. The first-order valence-electron chi connectivity index (χ1n) is 10.3. The predicted molar refractivity (Wildman–Crippen MR) is 129 cm³/mol. The summed E-state index contributed by atoms with van der Waals surface area (Å²) in [5, 5.41) is 9.83. The van der Waals surface area contributed by atoms with E-state index in [4.69, 9.17) is 9.84 Å². The van der Waals surface area contributed by atoms with Crippen LogP contribution in [-0.2, 0) is 0 Å². The number of hydrogen-bond acceptors (Lipinski definition) is 5. The molecular weight excluding hydrogens is 420 g/mol. The lowest BCUT2D eigenvalue weighted by Gasteiger charge is -2.25. The Morgan fingerprint density at radius 1 is 1.12 bits per heavy atom. The van der Waals surface area contributed by atoms with Crippen molar-refractivity contribution in [2.75, 3.05) is 27.7 Å². The zero-order valence-electron chi connectivity index (χ0n) is 18.4. The number of rotatable bonds is 8. The van der Waals surface area contributed by atoms with Crippen LogP contribution in [0.3, 0.4) is 0 Å². The van der Waals surface area contributed by atoms with E-state index in [9.17, 15) is 4.79 Å². The molecule has 32 heavy (non-hydrogen) atoms. The van der Waals surface area contributed by atoms with E-state index in [1.165, 1.54) is 0 Å². The maximum atomic E-state index is 13.3. The third-order valence-corrected chi connectivity index (χ3v) is 6.17. The molecule has 2 aromatic heterocycles. The quantitative estimate of drug-likeness (QED) is 0.428. The van der Waals surface area contributed by atoms with Crippen LogP contribution in [-0.4, -0.2) is 48.3 Å². The molecule has 0 aliphatic heterocycles. The van der Waals surface area contributed by atoms with E-state index in [2.05, 4.69) is 10.2 Å². The van der Waals surface area contributed by atoms with Crippen LogP contribution in [0.2, 0.25) is 0 Å². The lowest BCUT2D eigenvalue weighted by atomic mass is 10.1. The summed E-state index contributed by atoms with van der Waals surface area (Å²) in [6, 6.07) is 21.7. The lowest BCUT2D eigenvalue weighted by molar-refractivity contribution is 0.0942. The van der Waals surface area contributed by atoms with Crippen molar-refractivity contribution < 1.29 is 9.53 Å². The Kier molecular flexibility index (Phi) is 6.68. The Hall–Kier alpha value is -3.42. The Balaban J connectivity index is 1.60. The Morgan fingerprint density at radius 2 is 1.94 bits per heavy atom. The van der Waals surface area contributed by atoms with Gasteiger partial charge in [-0.25, -0.2) is 4.68 Å². The second kappa shape index (κ2) is 9.80. The normalized spacial score (nSPS) is 12.0. The number of carbonyl (C=O) groups is 1. The van der Waals surface area contributed by atoms with Crippen molar-refractivity contribution in [1.29, 1.82) is 0 Å². The molecule has 0 spiro atoms. The fourth-order valence-electron chi connectivity index (χ4n) is 3.58. The van der Waals surface area contributed by atoms with E-state index in [0.717, 1.165) is 21.9 Å². The number of ether oxygens (including phenoxy) is 1. The first kappa shape index (κ1) is 21.8. The van der Waals surface area contributed by atoms with Gasteiger partial charge in [-0.15, -0.1) is 11.3 Å². The summed E-state index contributed by atoms with van der Waals surface area (Å²) < 4.78 is 7.13. The third kappa shape index (κ3) is 4.74. The van der Waals surface area contributed by atoms with Gasteiger partial charge in [-0.1, -0.05) is 36.4 Å². The minimum Gasteiger partial charge on any atom is -0.497 e. The molecular formula is C25H26N4O2S. The van der Waals surface area contributed by atoms with Crippen LogP contribution >= 0.6 is 11.3 Å². The third-order valence-electron chi connectivity index (χ3n) is 5.29. The van der Waals surface area contributed by atoms with E-state index in [0.29, 0.717) is 17.8 Å². The van der Waals surface area contributed by atoms with Gasteiger partial charge in [0.2, 0.25) is 0 Å². The molecule has 0 fully saturated rings. The molecule has 7 heteroatoms. The molecule has 0 radical (unpaired) electrons. The first-order chi connectivity index (χ1) is 15.6. The van der Waals surface area contributed by atoms with Gasteiger partial charge in [0.15, 0.2) is 0 Å². The molecule has 1 amide bonds. The summed E-state index contributed by atoms with van der Waals surface area (Å²) in [6.45, 7) is 0.458. The highest BCUT2D eigenvalue weighted by molar-refractivity contribution is 7.13. The second-order valence-corrected chi connectivity index (χ2v) is 8.56. The molecule has 0 bridgehead atoms. The van der Waals surface area contributed by atoms with Gasteiger partial charge in [0.25, 0.3) is 5.91 Å². The standard InChI is InChI=1S/C25H26N4O2S/c1-28(2)22(18-9-7-12-20(15-18)31-3)16-26-25(30)21-17-29(19-10-5-4-6-11-19)27-24(21)23-13-8-14-32-23/h4-15,17,22H,16H2,1-3H3,(H,26,30). The van der Waals surface area contributed by atoms with E-state index < -0.39 is 0 Å². The van der Waals surface area contributed by atoms with Crippen molar-refractivity contribution in [3.05, 3.63) is 89.4 Å². The van der Waals surface area contributed by atoms with Crippen LogP contribution in [0.5, 0.6) is 5.75 Å². The predicted octanol–water partition coefficient (Wildman–Crippen LogP) is 4.64. The van der Waals surface area contributed by atoms with Gasteiger partial charge in [0.1, 0.15) is 11.4 Å². The van der Waals surface area contributed by atoms with E-state index in [1.807, 2.05) is 86.2 Å². The minimum atomic E-state index is -0.148. The number of aromatic nitrogens is 2. The van der Waals surface area contributed by atoms with Gasteiger partial charge in [-0.05, 0) is 55.4 Å². The zero-order chi connectivity index (χ0) is 22.5. The van der Waals surface area contributed by atoms with Crippen LogP contribution in [0, 0.1) is 0 Å². The van der Waals surface area contributed by atoms with Crippen molar-refractivity contribution >= 4 is 17.2 Å². The molecule has 0 aliphatic carbocycles. The summed E-state index contributed by atoms with van der Waals surface area (Å²) in [5.74, 6) is 0.648. The molecule has 1 unspecified atom stereocenters. The van der Waals surface area contributed by atoms with Crippen LogP contribution in [0.25, 0.3) is 16.3 Å². The Labute approximate surface area is 192 Å². The molecule has 4 aromatic rings. The van der Waals surface area contributed by atoms with Gasteiger partial charge >= 0.3 is 0 Å². The summed E-state index contributed by atoms with van der Waals surface area (Å²) in [5.41, 5.74) is 3.23. The number of para-hydroxylation sites is 1. The number of carbonyl (C=O) groups excluding carboxylic acids is 1. The van der Waals surface area contributed by atoms with Crippen molar-refractivity contribution in [3.8, 4) is 22.0 Å². The smallest absolute Gasteiger partial charge is 0.255 e. The van der Waals surface area contributed by atoms with E-state index in [-0.39, 0.29) is 11.9 Å². The number of benzene rings is 2. The SMILES string of the molecule is COc1cccc(C(CNC(=O)c2cn(-c3ccccc3)nc2-c2cccs2)N(C)C)c1. The van der Waals surface area contributed by atoms with Crippen molar-refractivity contribution in [2.45, 2.75) is 6.04 Å². The minimum absolute atomic E-state index is 0.00315. The van der Waals surface area contributed by atoms with Crippen LogP contribution in [0.15, 0.2) is 78.3 Å². The monoisotopic (exact) mass is 446 g/mol. The summed E-state index contributed by atoms with van der Waals surface area (Å²) in [6.07, 6.45) is 1.80. The van der Waals surface area contributed by atoms with Gasteiger partial charge < -0.3 is 15.0 Å². The summed E-state index contributed by atoms with van der Waals surface area (Å²) in [7, 11) is 5.66. The Bertz CT molecular complexity index is 1170. The van der Waals surface area contributed by atoms with Gasteiger partial charge in [-0.3, -0.25) is 4.79 Å². The average Bonchev–Trinajstić information content (AvgIpc) is 3.50. The van der Waals surface area contributed by atoms with Crippen LogP contribution in [0.4, 0.5) is 0 Å². The van der Waals surface area contributed by atoms with Gasteiger partial charge in [0.05, 0.1) is 29.3 Å². The highest BCUT2D eigenvalue weighted by Gasteiger charge is 2.22. The maximum Gasteiger partial charge on any atom is 0.255 e. The number of nitrogens with zero attached hydrogens (tertiary/aromatic N) is 3. The zero-order valence-corrected chi connectivity index (χ0v) is 19.2. The highest BCUT2D eigenvalue weighted by Crippen LogP contribution is 2.28. The molecule has 164 valence electrons. The fraction of sp³-hybridized carbons (Fsp3) is 0.200. The highest BCUT2D eigenvalue weighted by atomic mass is 32.1. The first-order valence-corrected chi connectivity index (χ1v) is 11.2. The van der Waals surface area contributed by atoms with Crippen molar-refractivity contribution in [1.82, 2.24) is 20.0 Å². The maximum absolute atomic E-state index is 13.3. The number of amides is 1. The van der Waals surface area contributed by atoms with Gasteiger partial charge in [-0.2, -0.15) is 5.10 Å². The van der Waals surface area contributed by atoms with Crippen molar-refractivity contribution in [3.63, 3.8) is 0 Å². The molecule has 0 aliphatic rings. The van der Waals surface area contributed by atoms with Crippen LogP contribution in [0.1, 0.15) is 22.0 Å². The summed E-state index contributed by atoms with van der Waals surface area (Å²) in [4.78, 5) is 16.3. The van der Waals surface area contributed by atoms with Crippen molar-refractivity contribution in [2.24, 2.45) is 0 Å². The molecule has 2 aromatic carbocycles. The van der Waals surface area contributed by atoms with E-state index >= 15 is 0 Å². The number of likely N-dealkylation sites (N-methyl/N-ethyl adjacent to an activating group) is 1. The molecule has 1 N–H and O–H groups in total. The molecule has 1 atom stereocenters. The summed E-state index contributed by atoms with van der Waals surface area (Å²) >= 11 is 1.57. The number of methoxy groups -OCH3 is 1. The second-order valence-electron chi connectivity index (χ2n) is 7.61. The van der Waals surface area contributed by atoms with Gasteiger partial charge in [0, 0.05) is 12.7 Å². The fourth-order valence-corrected chi connectivity index (χ4v) is 4.30. The van der Waals surface area contributed by atoms with E-state index in [1.54, 1.807) is 29.3 Å². The molecule has 4 rings (SSSR count). The largest absolute Gasteiger partial charge is 0.497 e. The van der Waals surface area contributed by atoms with Crippen LogP contribution < -0.4 is 10.1 Å². The topological polar surface area (TPSA) is 59.4 Å². The molecule has 0 saturated carbocycles. The lowest BCUT2D eigenvalue weighted by Crippen LogP contribution is -2.34.